The maximum atomic E-state index is 12.6. The fourth-order valence-electron chi connectivity index (χ4n) is 4.56. The molecule has 1 aromatic rings. The molecule has 4 saturated carbocycles. The Labute approximate surface area is 130 Å². The van der Waals surface area contributed by atoms with Gasteiger partial charge in [-0.15, -0.1) is 0 Å². The summed E-state index contributed by atoms with van der Waals surface area (Å²) in [6, 6.07) is 10.6. The highest BCUT2D eigenvalue weighted by Gasteiger charge is 2.75. The lowest BCUT2D eigenvalue weighted by Gasteiger charge is -2.67. The molecular formula is C18H21NO3. The molecule has 0 radical (unpaired) electrons. The van der Waals surface area contributed by atoms with Crippen LogP contribution >= 0.6 is 0 Å². The van der Waals surface area contributed by atoms with Crippen molar-refractivity contribution >= 4 is 11.9 Å². The third-order valence-electron chi connectivity index (χ3n) is 5.95. The summed E-state index contributed by atoms with van der Waals surface area (Å²) in [7, 11) is 1.42. The predicted octanol–water partition coefficient (Wildman–Crippen LogP) is 2.39. The van der Waals surface area contributed by atoms with E-state index in [1.165, 1.54) is 12.7 Å². The molecule has 0 heterocycles. The van der Waals surface area contributed by atoms with Gasteiger partial charge in [-0.25, -0.2) is 0 Å². The zero-order chi connectivity index (χ0) is 15.4. The third-order valence-corrected chi connectivity index (χ3v) is 5.95. The first kappa shape index (κ1) is 13.8. The molecule has 4 nitrogen and oxygen atoms in total. The van der Waals surface area contributed by atoms with Crippen LogP contribution in [0.15, 0.2) is 30.3 Å². The van der Waals surface area contributed by atoms with E-state index in [1.54, 1.807) is 0 Å². The second kappa shape index (κ2) is 4.58. The first-order valence-electron chi connectivity index (χ1n) is 8.03. The number of nitrogens with one attached hydrogen (secondary N) is 1. The highest BCUT2D eigenvalue weighted by molar-refractivity contribution is 5.94. The smallest absolute Gasteiger partial charge is 0.311 e. The first-order chi connectivity index (χ1) is 10.6. The van der Waals surface area contributed by atoms with E-state index in [1.807, 2.05) is 18.2 Å². The summed E-state index contributed by atoms with van der Waals surface area (Å²) in [4.78, 5) is 24.2. The first-order valence-corrected chi connectivity index (χ1v) is 8.03. The lowest BCUT2D eigenvalue weighted by atomic mass is 9.34. The van der Waals surface area contributed by atoms with Gasteiger partial charge in [0.15, 0.2) is 0 Å². The Morgan fingerprint density at radius 1 is 1.09 bits per heavy atom. The van der Waals surface area contributed by atoms with Gasteiger partial charge >= 0.3 is 5.97 Å². The van der Waals surface area contributed by atoms with Crippen LogP contribution in [-0.2, 0) is 14.3 Å². The molecule has 2 atom stereocenters. The number of carbonyl (C=O) groups excluding carboxylic acids is 2. The van der Waals surface area contributed by atoms with Gasteiger partial charge in [-0.1, -0.05) is 30.3 Å². The molecule has 0 unspecified atom stereocenters. The average molecular weight is 299 g/mol. The largest absolute Gasteiger partial charge is 0.469 e. The molecule has 4 aliphatic rings. The van der Waals surface area contributed by atoms with Gasteiger partial charge in [0.1, 0.15) is 0 Å². The van der Waals surface area contributed by atoms with Crippen molar-refractivity contribution < 1.29 is 14.3 Å². The molecule has 22 heavy (non-hydrogen) atoms. The van der Waals surface area contributed by atoms with Crippen LogP contribution in [0, 0.1) is 10.8 Å². The summed E-state index contributed by atoms with van der Waals surface area (Å²) in [5, 5.41) is 3.23. The van der Waals surface area contributed by atoms with E-state index in [9.17, 15) is 9.59 Å². The molecule has 5 rings (SSSR count). The monoisotopic (exact) mass is 299 g/mol. The van der Waals surface area contributed by atoms with Crippen molar-refractivity contribution in [1.82, 2.24) is 5.32 Å². The number of hydrogen-bond acceptors (Lipinski definition) is 3. The van der Waals surface area contributed by atoms with Gasteiger partial charge in [0, 0.05) is 12.0 Å². The number of rotatable bonds is 4. The van der Waals surface area contributed by atoms with Gasteiger partial charge < -0.3 is 10.1 Å². The van der Waals surface area contributed by atoms with Crippen molar-refractivity contribution in [2.24, 2.45) is 10.8 Å². The summed E-state index contributed by atoms with van der Waals surface area (Å²) >= 11 is 0. The normalized spacial score (nSPS) is 38.0. The lowest BCUT2D eigenvalue weighted by Crippen LogP contribution is -2.71. The van der Waals surface area contributed by atoms with Gasteiger partial charge in [0.25, 0.3) is 0 Å². The van der Waals surface area contributed by atoms with Crippen LogP contribution in [0.2, 0.25) is 0 Å². The molecule has 0 aliphatic heterocycles. The Balaban J connectivity index is 1.36. The molecule has 0 saturated heterocycles. The highest BCUT2D eigenvalue weighted by atomic mass is 16.5. The lowest BCUT2D eigenvalue weighted by molar-refractivity contribution is -0.223. The molecule has 1 aromatic carbocycles. The topological polar surface area (TPSA) is 55.4 Å². The zero-order valence-corrected chi connectivity index (χ0v) is 12.8. The van der Waals surface area contributed by atoms with Crippen LogP contribution in [0.25, 0.3) is 0 Å². The quantitative estimate of drug-likeness (QED) is 0.869. The minimum Gasteiger partial charge on any atom is -0.469 e. The van der Waals surface area contributed by atoms with Crippen LogP contribution < -0.4 is 5.32 Å². The maximum absolute atomic E-state index is 12.6. The van der Waals surface area contributed by atoms with Crippen LogP contribution in [0.5, 0.6) is 0 Å². The third kappa shape index (κ3) is 1.76. The second-order valence-electron chi connectivity index (χ2n) is 7.26. The second-order valence-corrected chi connectivity index (χ2v) is 7.26. The summed E-state index contributed by atoms with van der Waals surface area (Å²) < 4.78 is 4.84. The molecule has 1 N–H and O–H groups in total. The Hall–Kier alpha value is -1.84. The fraction of sp³-hybridized carbons (Fsp3) is 0.556. The van der Waals surface area contributed by atoms with Gasteiger partial charge in [-0.05, 0) is 37.7 Å². The number of methoxy groups -OCH3 is 1. The Kier molecular flexibility index (Phi) is 2.87. The van der Waals surface area contributed by atoms with E-state index >= 15 is 0 Å². The Morgan fingerprint density at radius 3 is 2.32 bits per heavy atom. The Morgan fingerprint density at radius 2 is 1.77 bits per heavy atom. The molecule has 4 fully saturated rings. The highest BCUT2D eigenvalue weighted by Crippen LogP contribution is 2.73. The van der Waals surface area contributed by atoms with E-state index in [0.29, 0.717) is 25.2 Å². The zero-order valence-electron chi connectivity index (χ0n) is 12.8. The minimum atomic E-state index is -0.343. The van der Waals surface area contributed by atoms with E-state index in [2.05, 4.69) is 17.4 Å². The molecule has 0 aromatic heterocycles. The van der Waals surface area contributed by atoms with Crippen molar-refractivity contribution in [2.75, 3.05) is 7.11 Å². The van der Waals surface area contributed by atoms with Crippen LogP contribution in [0.3, 0.4) is 0 Å². The van der Waals surface area contributed by atoms with E-state index in [4.69, 9.17) is 4.74 Å². The van der Waals surface area contributed by atoms with E-state index in [0.717, 1.165) is 12.8 Å². The number of amides is 1. The summed E-state index contributed by atoms with van der Waals surface area (Å²) in [5.41, 5.74) is 0.679. The number of carbonyl (C=O) groups is 2. The van der Waals surface area contributed by atoms with Crippen LogP contribution in [0.1, 0.15) is 43.6 Å². The standard InChI is InChI=1S/C18H21NO3/c1-22-16(21)18-9-17(10-18,11-18)15(20)19-14-8-7-13(14)12-5-3-2-4-6-12/h2-6,13-14H,7-11H2,1H3,(H,19,20)/t13-,14-,17?,18?/m1/s1. The number of hydrogen-bond donors (Lipinski definition) is 1. The number of ether oxygens (including phenoxy) is 1. The molecule has 4 heteroatoms. The Bertz CT molecular complexity index is 605. The van der Waals surface area contributed by atoms with E-state index < -0.39 is 0 Å². The van der Waals surface area contributed by atoms with Crippen molar-refractivity contribution in [3.05, 3.63) is 35.9 Å². The molecule has 116 valence electrons. The minimum absolute atomic E-state index is 0.143. The van der Waals surface area contributed by atoms with Crippen LogP contribution in [0.4, 0.5) is 0 Å². The van der Waals surface area contributed by atoms with Crippen molar-refractivity contribution in [1.29, 1.82) is 0 Å². The molecule has 4 aliphatic carbocycles. The SMILES string of the molecule is COC(=O)C12CC(C(=O)N[C@@H]3CC[C@@H]3c3ccccc3)(C1)C2. The molecular weight excluding hydrogens is 278 g/mol. The van der Waals surface area contributed by atoms with Crippen LogP contribution in [-0.4, -0.2) is 25.0 Å². The summed E-state index contributed by atoms with van der Waals surface area (Å²) in [6.07, 6.45) is 4.18. The van der Waals surface area contributed by atoms with Gasteiger partial charge in [-0.3, -0.25) is 9.59 Å². The van der Waals surface area contributed by atoms with Crippen molar-refractivity contribution in [3.63, 3.8) is 0 Å². The molecule has 0 spiro atoms. The van der Waals surface area contributed by atoms with E-state index in [-0.39, 0.29) is 28.7 Å². The number of benzene rings is 1. The molecule has 2 bridgehead atoms. The van der Waals surface area contributed by atoms with Gasteiger partial charge in [-0.2, -0.15) is 0 Å². The van der Waals surface area contributed by atoms with Gasteiger partial charge in [0.05, 0.1) is 17.9 Å². The summed E-state index contributed by atoms with van der Waals surface area (Å²) in [5.74, 6) is 0.434. The van der Waals surface area contributed by atoms with Gasteiger partial charge in [0.2, 0.25) is 5.91 Å². The molecule has 1 amide bonds. The maximum Gasteiger partial charge on any atom is 0.311 e. The summed E-state index contributed by atoms with van der Waals surface area (Å²) in [6.45, 7) is 0. The predicted molar refractivity (Wildman–Crippen MR) is 81.1 cm³/mol. The average Bonchev–Trinajstić information content (AvgIpc) is 2.41. The van der Waals surface area contributed by atoms with Crippen molar-refractivity contribution in [3.8, 4) is 0 Å². The number of esters is 1. The van der Waals surface area contributed by atoms with Crippen molar-refractivity contribution in [2.45, 2.75) is 44.1 Å². The fourth-order valence-corrected chi connectivity index (χ4v) is 4.56.